The number of halogens is 1. The molecule has 2 nitrogen and oxygen atoms in total. The molecule has 0 spiro atoms. The lowest BCUT2D eigenvalue weighted by Crippen LogP contribution is -2.15. The van der Waals surface area contributed by atoms with E-state index in [2.05, 4.69) is 0 Å². The molecule has 0 saturated carbocycles. The Balaban J connectivity index is 2.51. The Kier molecular flexibility index (Phi) is 4.63. The van der Waals surface area contributed by atoms with E-state index in [1.807, 2.05) is 26.0 Å². The van der Waals surface area contributed by atoms with Crippen LogP contribution in [0.25, 0.3) is 0 Å². The quantitative estimate of drug-likeness (QED) is 0.737. The lowest BCUT2D eigenvalue weighted by Gasteiger charge is -2.10. The van der Waals surface area contributed by atoms with E-state index in [0.717, 1.165) is 12.0 Å². The Morgan fingerprint density at radius 2 is 2.27 bits per heavy atom. The van der Waals surface area contributed by atoms with Crippen LogP contribution in [0.2, 0.25) is 5.02 Å². The average molecular weight is 227 g/mol. The highest BCUT2D eigenvalue weighted by Crippen LogP contribution is 2.12. The summed E-state index contributed by atoms with van der Waals surface area (Å²) in [6.07, 6.45) is 1.10. The zero-order valence-corrected chi connectivity index (χ0v) is 9.75. The molecular weight excluding hydrogens is 212 g/mol. The summed E-state index contributed by atoms with van der Waals surface area (Å²) in [5, 5.41) is 0.642. The van der Waals surface area contributed by atoms with Crippen molar-refractivity contribution in [2.45, 2.75) is 32.8 Å². The normalized spacial score (nSPS) is 12.2. The first-order valence-corrected chi connectivity index (χ1v) is 5.43. The Hall–Kier alpha value is -1.02. The highest BCUT2D eigenvalue weighted by atomic mass is 35.5. The van der Waals surface area contributed by atoms with Gasteiger partial charge < -0.3 is 4.74 Å². The minimum Gasteiger partial charge on any atom is -0.462 e. The van der Waals surface area contributed by atoms with Crippen molar-refractivity contribution in [1.29, 1.82) is 0 Å². The van der Waals surface area contributed by atoms with E-state index in [4.69, 9.17) is 16.3 Å². The molecular formula is C12H15ClO2. The average Bonchev–Trinajstić information content (AvgIpc) is 2.17. The minimum absolute atomic E-state index is 0.0170. The Morgan fingerprint density at radius 3 is 2.87 bits per heavy atom. The van der Waals surface area contributed by atoms with Crippen molar-refractivity contribution >= 4 is 17.6 Å². The van der Waals surface area contributed by atoms with E-state index < -0.39 is 0 Å². The van der Waals surface area contributed by atoms with Gasteiger partial charge in [0.1, 0.15) is 0 Å². The monoisotopic (exact) mass is 226 g/mol. The van der Waals surface area contributed by atoms with Gasteiger partial charge in [0.25, 0.3) is 0 Å². The molecule has 3 heteroatoms. The zero-order chi connectivity index (χ0) is 11.3. The van der Waals surface area contributed by atoms with Crippen LogP contribution in [0.1, 0.15) is 25.8 Å². The van der Waals surface area contributed by atoms with Crippen LogP contribution >= 0.6 is 11.6 Å². The largest absolute Gasteiger partial charge is 0.462 e. The Bertz CT molecular complexity index is 336. The molecule has 15 heavy (non-hydrogen) atoms. The fourth-order valence-corrected chi connectivity index (χ4v) is 1.38. The molecule has 0 aliphatic heterocycles. The number of ether oxygens (including phenoxy) is 1. The van der Waals surface area contributed by atoms with Gasteiger partial charge in [0.2, 0.25) is 0 Å². The lowest BCUT2D eigenvalue weighted by atomic mass is 10.1. The lowest BCUT2D eigenvalue weighted by molar-refractivity contribution is -0.147. The van der Waals surface area contributed by atoms with Crippen LogP contribution in [0.5, 0.6) is 0 Å². The van der Waals surface area contributed by atoms with Gasteiger partial charge in [-0.25, -0.2) is 0 Å². The van der Waals surface area contributed by atoms with Gasteiger partial charge in [-0.3, -0.25) is 4.79 Å². The Labute approximate surface area is 95.2 Å². The Morgan fingerprint density at radius 1 is 1.53 bits per heavy atom. The first kappa shape index (κ1) is 12.1. The second kappa shape index (κ2) is 5.76. The molecule has 0 aliphatic rings. The van der Waals surface area contributed by atoms with Crippen LogP contribution in [-0.4, -0.2) is 12.1 Å². The first-order chi connectivity index (χ1) is 7.11. The summed E-state index contributed by atoms with van der Waals surface area (Å²) in [7, 11) is 0. The minimum atomic E-state index is -0.202. The number of esters is 1. The van der Waals surface area contributed by atoms with Crippen molar-refractivity contribution < 1.29 is 9.53 Å². The summed E-state index contributed by atoms with van der Waals surface area (Å²) < 4.78 is 5.16. The fraction of sp³-hybridized carbons (Fsp3) is 0.417. The second-order valence-electron chi connectivity index (χ2n) is 3.52. The van der Waals surface area contributed by atoms with Crippen LogP contribution in [0.4, 0.5) is 0 Å². The molecule has 0 aliphatic carbocycles. The fourth-order valence-electron chi connectivity index (χ4n) is 1.16. The number of carbonyl (C=O) groups excluding carboxylic acids is 1. The molecule has 82 valence electrons. The van der Waals surface area contributed by atoms with Crippen molar-refractivity contribution in [1.82, 2.24) is 0 Å². The number of carbonyl (C=O) groups is 1. The molecule has 1 aromatic carbocycles. The van der Waals surface area contributed by atoms with E-state index in [1.165, 1.54) is 0 Å². The van der Waals surface area contributed by atoms with E-state index in [9.17, 15) is 4.79 Å². The summed E-state index contributed by atoms with van der Waals surface area (Å²) in [6, 6.07) is 7.25. The van der Waals surface area contributed by atoms with Crippen molar-refractivity contribution in [3.8, 4) is 0 Å². The SMILES string of the molecule is CCC(C)OC(=O)Cc1cccc(Cl)c1. The standard InChI is InChI=1S/C12H15ClO2/c1-3-9(2)15-12(14)8-10-5-4-6-11(13)7-10/h4-7,9H,3,8H2,1-2H3. The van der Waals surface area contributed by atoms with Gasteiger partial charge in [-0.15, -0.1) is 0 Å². The molecule has 1 rings (SSSR count). The molecule has 1 unspecified atom stereocenters. The maximum absolute atomic E-state index is 11.4. The highest BCUT2D eigenvalue weighted by Gasteiger charge is 2.08. The summed E-state index contributed by atoms with van der Waals surface area (Å²) in [5.41, 5.74) is 0.885. The van der Waals surface area contributed by atoms with Gasteiger partial charge in [0.15, 0.2) is 0 Å². The van der Waals surface area contributed by atoms with Crippen LogP contribution in [0.15, 0.2) is 24.3 Å². The van der Waals surface area contributed by atoms with Gasteiger partial charge in [-0.1, -0.05) is 30.7 Å². The molecule has 1 aromatic rings. The number of rotatable bonds is 4. The smallest absolute Gasteiger partial charge is 0.310 e. The molecule has 0 heterocycles. The van der Waals surface area contributed by atoms with Crippen molar-refractivity contribution in [3.63, 3.8) is 0 Å². The molecule has 0 saturated heterocycles. The summed E-state index contributed by atoms with van der Waals surface area (Å²) >= 11 is 5.81. The van der Waals surface area contributed by atoms with Crippen molar-refractivity contribution in [2.75, 3.05) is 0 Å². The summed E-state index contributed by atoms with van der Waals surface area (Å²) in [6.45, 7) is 3.87. The van der Waals surface area contributed by atoms with Gasteiger partial charge in [0, 0.05) is 5.02 Å². The molecule has 0 radical (unpaired) electrons. The maximum Gasteiger partial charge on any atom is 0.310 e. The predicted molar refractivity (Wildman–Crippen MR) is 61.0 cm³/mol. The van der Waals surface area contributed by atoms with Crippen LogP contribution in [-0.2, 0) is 16.0 Å². The van der Waals surface area contributed by atoms with Gasteiger partial charge in [-0.05, 0) is 31.0 Å². The van der Waals surface area contributed by atoms with E-state index in [1.54, 1.807) is 12.1 Å². The third-order valence-corrected chi connectivity index (χ3v) is 2.38. The molecule has 0 N–H and O–H groups in total. The summed E-state index contributed by atoms with van der Waals surface area (Å²) in [4.78, 5) is 11.4. The number of hydrogen-bond donors (Lipinski definition) is 0. The first-order valence-electron chi connectivity index (χ1n) is 5.05. The summed E-state index contributed by atoms with van der Waals surface area (Å²) in [5.74, 6) is -0.202. The third kappa shape index (κ3) is 4.34. The van der Waals surface area contributed by atoms with Crippen LogP contribution < -0.4 is 0 Å². The predicted octanol–water partition coefficient (Wildman–Crippen LogP) is 3.22. The van der Waals surface area contributed by atoms with Crippen LogP contribution in [0.3, 0.4) is 0 Å². The molecule has 0 bridgehead atoms. The second-order valence-corrected chi connectivity index (χ2v) is 3.95. The maximum atomic E-state index is 11.4. The van der Waals surface area contributed by atoms with E-state index in [-0.39, 0.29) is 18.5 Å². The van der Waals surface area contributed by atoms with E-state index >= 15 is 0 Å². The van der Waals surface area contributed by atoms with Gasteiger partial charge >= 0.3 is 5.97 Å². The van der Waals surface area contributed by atoms with Gasteiger partial charge in [-0.2, -0.15) is 0 Å². The van der Waals surface area contributed by atoms with Crippen molar-refractivity contribution in [2.24, 2.45) is 0 Å². The number of benzene rings is 1. The zero-order valence-electron chi connectivity index (χ0n) is 9.00. The molecule has 0 amide bonds. The molecule has 0 fully saturated rings. The topological polar surface area (TPSA) is 26.3 Å². The van der Waals surface area contributed by atoms with Crippen molar-refractivity contribution in [3.05, 3.63) is 34.9 Å². The highest BCUT2D eigenvalue weighted by molar-refractivity contribution is 6.30. The molecule has 1 atom stereocenters. The van der Waals surface area contributed by atoms with Gasteiger partial charge in [0.05, 0.1) is 12.5 Å². The third-order valence-electron chi connectivity index (χ3n) is 2.15. The number of hydrogen-bond acceptors (Lipinski definition) is 2. The van der Waals surface area contributed by atoms with E-state index in [0.29, 0.717) is 5.02 Å². The molecule has 0 aromatic heterocycles. The van der Waals surface area contributed by atoms with Crippen LogP contribution in [0, 0.1) is 0 Å².